The van der Waals surface area contributed by atoms with E-state index >= 15 is 0 Å². The number of carbonyl (C=O) groups is 2. The quantitative estimate of drug-likeness (QED) is 0.757. The van der Waals surface area contributed by atoms with Gasteiger partial charge >= 0.3 is 5.97 Å². The summed E-state index contributed by atoms with van der Waals surface area (Å²) in [5.74, 6) is 0.357. The molecule has 1 aliphatic heterocycles. The van der Waals surface area contributed by atoms with Crippen LogP contribution in [0, 0.1) is 5.92 Å². The molecule has 6 heteroatoms. The van der Waals surface area contributed by atoms with Crippen LogP contribution in [0.2, 0.25) is 0 Å². The molecule has 2 fully saturated rings. The third-order valence-corrected chi connectivity index (χ3v) is 4.90. The molecule has 1 saturated carbocycles. The molecule has 2 aliphatic rings. The Kier molecular flexibility index (Phi) is 8.18. The highest BCUT2D eigenvalue weighted by Crippen LogP contribution is 2.29. The number of nitrogens with one attached hydrogen (secondary N) is 2. The number of carbonyl (C=O) groups excluding carboxylic acids is 2. The number of methoxy groups -OCH3 is 1. The summed E-state index contributed by atoms with van der Waals surface area (Å²) in [5, 5.41) is 6.33. The lowest BCUT2D eigenvalue weighted by Crippen LogP contribution is -2.56. The van der Waals surface area contributed by atoms with Gasteiger partial charge in [0.1, 0.15) is 5.54 Å². The van der Waals surface area contributed by atoms with Crippen molar-refractivity contribution in [3.63, 3.8) is 0 Å². The molecule has 1 aliphatic carbocycles. The lowest BCUT2D eigenvalue weighted by molar-refractivity contribution is -0.152. The number of rotatable bonds is 5. The first-order chi connectivity index (χ1) is 10.2. The minimum absolute atomic E-state index is 0. The molecule has 0 aromatic carbocycles. The molecule has 2 rings (SSSR count). The molecule has 0 unspecified atom stereocenters. The van der Waals surface area contributed by atoms with Gasteiger partial charge < -0.3 is 15.4 Å². The molecule has 0 atom stereocenters. The fraction of sp³-hybridized carbons (Fsp3) is 0.875. The highest BCUT2D eigenvalue weighted by molar-refractivity contribution is 5.88. The van der Waals surface area contributed by atoms with Gasteiger partial charge in [-0.1, -0.05) is 19.3 Å². The van der Waals surface area contributed by atoms with Crippen molar-refractivity contribution in [1.29, 1.82) is 0 Å². The Morgan fingerprint density at radius 2 is 1.82 bits per heavy atom. The second-order valence-electron chi connectivity index (χ2n) is 6.41. The van der Waals surface area contributed by atoms with E-state index in [1.54, 1.807) is 0 Å². The predicted octanol–water partition coefficient (Wildman–Crippen LogP) is 2.18. The van der Waals surface area contributed by atoms with E-state index in [0.29, 0.717) is 25.2 Å². The molecule has 0 aromatic heterocycles. The number of piperidine rings is 1. The molecule has 128 valence electrons. The van der Waals surface area contributed by atoms with Crippen molar-refractivity contribution in [2.24, 2.45) is 5.92 Å². The van der Waals surface area contributed by atoms with Crippen LogP contribution in [-0.2, 0) is 14.3 Å². The molecular formula is C16H29ClN2O3. The van der Waals surface area contributed by atoms with Gasteiger partial charge in [-0.3, -0.25) is 4.79 Å². The molecule has 0 radical (unpaired) electrons. The van der Waals surface area contributed by atoms with Gasteiger partial charge in [0.05, 0.1) is 7.11 Å². The van der Waals surface area contributed by atoms with E-state index in [1.807, 2.05) is 0 Å². The molecule has 5 nitrogen and oxygen atoms in total. The van der Waals surface area contributed by atoms with Crippen molar-refractivity contribution in [3.05, 3.63) is 0 Å². The van der Waals surface area contributed by atoms with Crippen LogP contribution in [0.5, 0.6) is 0 Å². The van der Waals surface area contributed by atoms with Crippen LogP contribution in [0.25, 0.3) is 0 Å². The Labute approximate surface area is 139 Å². The van der Waals surface area contributed by atoms with Gasteiger partial charge in [0, 0.05) is 6.42 Å². The highest BCUT2D eigenvalue weighted by atomic mass is 35.5. The summed E-state index contributed by atoms with van der Waals surface area (Å²) in [4.78, 5) is 24.3. The maximum absolute atomic E-state index is 12.2. The molecule has 0 spiro atoms. The van der Waals surface area contributed by atoms with Gasteiger partial charge in [-0.2, -0.15) is 0 Å². The Morgan fingerprint density at radius 3 is 2.41 bits per heavy atom. The predicted molar refractivity (Wildman–Crippen MR) is 88.1 cm³/mol. The zero-order chi connectivity index (χ0) is 15.1. The fourth-order valence-electron chi connectivity index (χ4n) is 3.57. The summed E-state index contributed by atoms with van der Waals surface area (Å²) in [6.07, 6.45) is 8.23. The summed E-state index contributed by atoms with van der Waals surface area (Å²) in [7, 11) is 1.40. The average Bonchev–Trinajstić information content (AvgIpc) is 2.54. The molecule has 2 N–H and O–H groups in total. The second-order valence-corrected chi connectivity index (χ2v) is 6.41. The Morgan fingerprint density at radius 1 is 1.18 bits per heavy atom. The summed E-state index contributed by atoms with van der Waals surface area (Å²) in [5.41, 5.74) is -0.766. The molecule has 0 bridgehead atoms. The van der Waals surface area contributed by atoms with E-state index in [0.717, 1.165) is 51.6 Å². The minimum Gasteiger partial charge on any atom is -0.467 e. The summed E-state index contributed by atoms with van der Waals surface area (Å²) in [6.45, 7) is 2.11. The minimum atomic E-state index is -0.766. The monoisotopic (exact) mass is 332 g/mol. The van der Waals surface area contributed by atoms with Crippen molar-refractivity contribution in [1.82, 2.24) is 10.6 Å². The lowest BCUT2D eigenvalue weighted by atomic mass is 9.81. The molecule has 1 heterocycles. The van der Waals surface area contributed by atoms with Crippen molar-refractivity contribution in [2.45, 2.75) is 63.3 Å². The number of halogens is 1. The van der Waals surface area contributed by atoms with Crippen LogP contribution < -0.4 is 10.6 Å². The Hall–Kier alpha value is -0.810. The Bertz CT molecular complexity index is 364. The van der Waals surface area contributed by atoms with Crippen molar-refractivity contribution in [3.8, 4) is 0 Å². The maximum atomic E-state index is 12.2. The van der Waals surface area contributed by atoms with E-state index in [9.17, 15) is 9.59 Å². The fourth-order valence-corrected chi connectivity index (χ4v) is 3.57. The molecule has 22 heavy (non-hydrogen) atoms. The number of ether oxygens (including phenoxy) is 1. The number of amides is 1. The van der Waals surface area contributed by atoms with Gasteiger partial charge in [-0.15, -0.1) is 12.4 Å². The van der Waals surface area contributed by atoms with Crippen LogP contribution in [0.1, 0.15) is 57.8 Å². The zero-order valence-electron chi connectivity index (χ0n) is 13.5. The third-order valence-electron chi connectivity index (χ3n) is 4.90. The van der Waals surface area contributed by atoms with Crippen LogP contribution in [-0.4, -0.2) is 37.6 Å². The van der Waals surface area contributed by atoms with Crippen molar-refractivity contribution >= 4 is 24.3 Å². The molecule has 0 aromatic rings. The van der Waals surface area contributed by atoms with Crippen LogP contribution in [0.15, 0.2) is 0 Å². The largest absolute Gasteiger partial charge is 0.467 e. The van der Waals surface area contributed by atoms with E-state index < -0.39 is 5.54 Å². The van der Waals surface area contributed by atoms with E-state index in [-0.39, 0.29) is 24.3 Å². The van der Waals surface area contributed by atoms with Gasteiger partial charge in [0.15, 0.2) is 0 Å². The molecular weight excluding hydrogens is 304 g/mol. The summed E-state index contributed by atoms with van der Waals surface area (Å²) < 4.78 is 4.93. The SMILES string of the molecule is COC(=O)C1(NC(=O)CCC2CCNCC2)CCCCC1.Cl. The standard InChI is InChI=1S/C16H28N2O3.ClH/c1-21-15(20)16(9-3-2-4-10-16)18-14(19)6-5-13-7-11-17-12-8-13;/h13,17H,2-12H2,1H3,(H,18,19);1H. The van der Waals surface area contributed by atoms with E-state index in [1.165, 1.54) is 7.11 Å². The summed E-state index contributed by atoms with van der Waals surface area (Å²) in [6, 6.07) is 0. The molecule has 1 amide bonds. The van der Waals surface area contributed by atoms with E-state index in [2.05, 4.69) is 10.6 Å². The summed E-state index contributed by atoms with van der Waals surface area (Å²) >= 11 is 0. The molecule has 1 saturated heterocycles. The van der Waals surface area contributed by atoms with Gasteiger partial charge in [0.2, 0.25) is 5.91 Å². The lowest BCUT2D eigenvalue weighted by Gasteiger charge is -2.35. The van der Waals surface area contributed by atoms with Crippen molar-refractivity contribution in [2.75, 3.05) is 20.2 Å². The zero-order valence-corrected chi connectivity index (χ0v) is 14.3. The van der Waals surface area contributed by atoms with Gasteiger partial charge in [-0.25, -0.2) is 4.79 Å². The van der Waals surface area contributed by atoms with Crippen molar-refractivity contribution < 1.29 is 14.3 Å². The first kappa shape index (κ1) is 19.2. The average molecular weight is 333 g/mol. The van der Waals surface area contributed by atoms with Crippen LogP contribution >= 0.6 is 12.4 Å². The first-order valence-corrected chi connectivity index (χ1v) is 8.26. The topological polar surface area (TPSA) is 67.4 Å². The van der Waals surface area contributed by atoms with Crippen LogP contribution in [0.4, 0.5) is 0 Å². The normalized spacial score (nSPS) is 21.5. The van der Waals surface area contributed by atoms with Gasteiger partial charge in [0.25, 0.3) is 0 Å². The number of esters is 1. The second kappa shape index (κ2) is 9.36. The third kappa shape index (κ3) is 5.13. The number of hydrogen-bond donors (Lipinski definition) is 2. The maximum Gasteiger partial charge on any atom is 0.331 e. The highest BCUT2D eigenvalue weighted by Gasteiger charge is 2.41. The van der Waals surface area contributed by atoms with E-state index in [4.69, 9.17) is 4.74 Å². The first-order valence-electron chi connectivity index (χ1n) is 8.26. The Balaban J connectivity index is 0.00000242. The van der Waals surface area contributed by atoms with Gasteiger partial charge in [-0.05, 0) is 51.1 Å². The number of hydrogen-bond acceptors (Lipinski definition) is 4. The van der Waals surface area contributed by atoms with Crippen LogP contribution in [0.3, 0.4) is 0 Å². The smallest absolute Gasteiger partial charge is 0.331 e.